The summed E-state index contributed by atoms with van der Waals surface area (Å²) in [5.74, 6) is 2.45. The van der Waals surface area contributed by atoms with Crippen LogP contribution >= 0.6 is 0 Å². The van der Waals surface area contributed by atoms with Crippen molar-refractivity contribution < 1.29 is 14.3 Å². The minimum absolute atomic E-state index is 0.000722. The lowest BCUT2D eigenvalue weighted by Crippen LogP contribution is -2.24. The van der Waals surface area contributed by atoms with Gasteiger partial charge in [-0.15, -0.1) is 0 Å². The third kappa shape index (κ3) is 3.41. The van der Waals surface area contributed by atoms with E-state index in [1.807, 2.05) is 41.3 Å². The van der Waals surface area contributed by atoms with E-state index >= 15 is 0 Å². The molecule has 2 aliphatic rings. The van der Waals surface area contributed by atoms with Crippen molar-refractivity contribution in [2.24, 2.45) is 0 Å². The molecular weight excluding hydrogens is 438 g/mol. The zero-order valence-electron chi connectivity index (χ0n) is 19.1. The minimum Gasteiger partial charge on any atom is -0.454 e. The Morgan fingerprint density at radius 3 is 2.63 bits per heavy atom. The molecule has 0 saturated carbocycles. The van der Waals surface area contributed by atoms with Crippen molar-refractivity contribution in [1.29, 1.82) is 0 Å². The Kier molecular flexibility index (Phi) is 4.52. The van der Waals surface area contributed by atoms with Gasteiger partial charge in [-0.3, -0.25) is 4.79 Å². The van der Waals surface area contributed by atoms with Gasteiger partial charge in [0.15, 0.2) is 11.5 Å². The Morgan fingerprint density at radius 1 is 0.857 bits per heavy atom. The number of amides is 1. The smallest absolute Gasteiger partial charge is 0.231 e. The Bertz CT molecular complexity index is 1610. The van der Waals surface area contributed by atoms with Crippen LogP contribution in [-0.2, 0) is 11.3 Å². The summed E-state index contributed by atoms with van der Waals surface area (Å²) in [4.78, 5) is 20.0. The monoisotopic (exact) mass is 461 g/mol. The first-order chi connectivity index (χ1) is 17.2. The Hall–Kier alpha value is -4.32. The van der Waals surface area contributed by atoms with Gasteiger partial charge in [-0.25, -0.2) is 4.98 Å². The normalized spacial score (nSPS) is 17.1. The lowest BCUT2D eigenvalue weighted by atomic mass is 10.1. The first kappa shape index (κ1) is 20.1. The number of hydrogen-bond acceptors (Lipinski definition) is 4. The molecule has 1 fully saturated rings. The van der Waals surface area contributed by atoms with Gasteiger partial charge in [0, 0.05) is 37.2 Å². The standard InChI is InChI=1S/C29H23N3O3/c33-28-14-22(17-31(28)23-11-12-26-27(15-23)35-18-34-26)29-30-24-7-3-4-8-25(24)32(29)16-19-9-10-20-5-1-2-6-21(20)13-19/h1-13,15,22H,14,16-18H2. The maximum Gasteiger partial charge on any atom is 0.231 e. The number of rotatable bonds is 4. The van der Waals surface area contributed by atoms with Crippen LogP contribution < -0.4 is 14.4 Å². The zero-order chi connectivity index (χ0) is 23.4. The van der Waals surface area contributed by atoms with E-state index in [1.54, 1.807) is 0 Å². The number of anilines is 1. The van der Waals surface area contributed by atoms with E-state index < -0.39 is 0 Å². The molecule has 7 rings (SSSR count). The average Bonchev–Trinajstić information content (AvgIpc) is 3.60. The number of ether oxygens (including phenoxy) is 2. The maximum atomic E-state index is 13.1. The number of carbonyl (C=O) groups is 1. The average molecular weight is 462 g/mol. The molecule has 6 heteroatoms. The molecule has 1 amide bonds. The van der Waals surface area contributed by atoms with E-state index in [9.17, 15) is 4.79 Å². The molecule has 5 aromatic rings. The molecule has 1 atom stereocenters. The summed E-state index contributed by atoms with van der Waals surface area (Å²) in [6.07, 6.45) is 0.426. The van der Waals surface area contributed by atoms with Crippen molar-refractivity contribution in [3.05, 3.63) is 96.3 Å². The van der Waals surface area contributed by atoms with Crippen molar-refractivity contribution in [2.45, 2.75) is 18.9 Å². The predicted octanol–water partition coefficient (Wildman–Crippen LogP) is 5.49. The second kappa shape index (κ2) is 7.87. The number of aromatic nitrogens is 2. The molecule has 0 bridgehead atoms. The minimum atomic E-state index is 0.000722. The largest absolute Gasteiger partial charge is 0.454 e. The molecular formula is C29H23N3O3. The Labute approximate surface area is 202 Å². The second-order valence-corrected chi connectivity index (χ2v) is 9.17. The summed E-state index contributed by atoms with van der Waals surface area (Å²) in [5.41, 5.74) is 4.09. The lowest BCUT2D eigenvalue weighted by molar-refractivity contribution is -0.117. The molecule has 0 spiro atoms. The summed E-state index contributed by atoms with van der Waals surface area (Å²) in [5, 5.41) is 2.45. The van der Waals surface area contributed by atoms with Gasteiger partial charge in [-0.05, 0) is 46.7 Å². The van der Waals surface area contributed by atoms with Crippen molar-refractivity contribution in [2.75, 3.05) is 18.2 Å². The molecule has 6 nitrogen and oxygen atoms in total. The fourth-order valence-electron chi connectivity index (χ4n) is 5.27. The van der Waals surface area contributed by atoms with Crippen LogP contribution in [-0.4, -0.2) is 28.8 Å². The van der Waals surface area contributed by atoms with E-state index in [4.69, 9.17) is 14.5 Å². The van der Waals surface area contributed by atoms with Crippen LogP contribution in [0, 0.1) is 0 Å². The zero-order valence-corrected chi connectivity index (χ0v) is 19.1. The van der Waals surface area contributed by atoms with E-state index in [1.165, 1.54) is 16.3 Å². The molecule has 0 N–H and O–H groups in total. The highest BCUT2D eigenvalue weighted by Crippen LogP contribution is 2.39. The molecule has 0 aliphatic carbocycles. The predicted molar refractivity (Wildman–Crippen MR) is 135 cm³/mol. The lowest BCUT2D eigenvalue weighted by Gasteiger charge is -2.18. The van der Waals surface area contributed by atoms with Crippen LogP contribution in [0.25, 0.3) is 21.8 Å². The van der Waals surface area contributed by atoms with E-state index in [0.29, 0.717) is 31.0 Å². The fraction of sp³-hybridized carbons (Fsp3) is 0.172. The van der Waals surface area contributed by atoms with Crippen LogP contribution in [0.3, 0.4) is 0 Å². The number of carbonyl (C=O) groups excluding carboxylic acids is 1. The van der Waals surface area contributed by atoms with Gasteiger partial charge in [-0.2, -0.15) is 0 Å². The molecule has 3 heterocycles. The highest BCUT2D eigenvalue weighted by atomic mass is 16.7. The first-order valence-corrected chi connectivity index (χ1v) is 11.9. The quantitative estimate of drug-likeness (QED) is 0.355. The third-order valence-corrected chi connectivity index (χ3v) is 7.00. The molecule has 1 aromatic heterocycles. The summed E-state index contributed by atoms with van der Waals surface area (Å²) in [6.45, 7) is 1.50. The van der Waals surface area contributed by atoms with Gasteiger partial charge in [0.1, 0.15) is 5.82 Å². The molecule has 172 valence electrons. The number of imidazole rings is 1. The van der Waals surface area contributed by atoms with Crippen molar-refractivity contribution in [1.82, 2.24) is 9.55 Å². The third-order valence-electron chi connectivity index (χ3n) is 7.00. The number of nitrogens with zero attached hydrogens (tertiary/aromatic N) is 3. The number of fused-ring (bicyclic) bond motifs is 3. The van der Waals surface area contributed by atoms with Crippen molar-refractivity contribution in [3.8, 4) is 11.5 Å². The van der Waals surface area contributed by atoms with Gasteiger partial charge in [0.05, 0.1) is 11.0 Å². The highest BCUT2D eigenvalue weighted by Gasteiger charge is 2.35. The number of para-hydroxylation sites is 2. The van der Waals surface area contributed by atoms with Gasteiger partial charge < -0.3 is 18.9 Å². The van der Waals surface area contributed by atoms with Crippen LogP contribution in [0.15, 0.2) is 84.9 Å². The van der Waals surface area contributed by atoms with Crippen LogP contribution in [0.4, 0.5) is 5.69 Å². The summed E-state index contributed by atoms with van der Waals surface area (Å²) in [7, 11) is 0. The van der Waals surface area contributed by atoms with Crippen LogP contribution in [0.2, 0.25) is 0 Å². The van der Waals surface area contributed by atoms with E-state index in [0.717, 1.165) is 22.5 Å². The topological polar surface area (TPSA) is 56.6 Å². The number of hydrogen-bond donors (Lipinski definition) is 0. The molecule has 1 unspecified atom stereocenters. The maximum absolute atomic E-state index is 13.1. The van der Waals surface area contributed by atoms with E-state index in [-0.39, 0.29) is 18.6 Å². The summed E-state index contributed by atoms with van der Waals surface area (Å²) < 4.78 is 13.2. The molecule has 4 aromatic carbocycles. The summed E-state index contributed by atoms with van der Waals surface area (Å²) >= 11 is 0. The summed E-state index contributed by atoms with van der Waals surface area (Å²) in [6, 6.07) is 28.9. The molecule has 2 aliphatic heterocycles. The van der Waals surface area contributed by atoms with E-state index in [2.05, 4.69) is 53.1 Å². The van der Waals surface area contributed by atoms with Gasteiger partial charge in [-0.1, -0.05) is 48.5 Å². The van der Waals surface area contributed by atoms with Gasteiger partial charge >= 0.3 is 0 Å². The molecule has 35 heavy (non-hydrogen) atoms. The van der Waals surface area contributed by atoms with Gasteiger partial charge in [0.25, 0.3) is 0 Å². The van der Waals surface area contributed by atoms with Gasteiger partial charge in [0.2, 0.25) is 12.7 Å². The van der Waals surface area contributed by atoms with Crippen molar-refractivity contribution >= 4 is 33.4 Å². The second-order valence-electron chi connectivity index (χ2n) is 9.17. The van der Waals surface area contributed by atoms with Crippen molar-refractivity contribution in [3.63, 3.8) is 0 Å². The molecule has 1 saturated heterocycles. The first-order valence-electron chi connectivity index (χ1n) is 11.9. The fourth-order valence-corrected chi connectivity index (χ4v) is 5.27. The SMILES string of the molecule is O=C1CC(c2nc3ccccc3n2Cc2ccc3ccccc3c2)CN1c1ccc2c(c1)OCO2. The van der Waals surface area contributed by atoms with Crippen LogP contribution in [0.5, 0.6) is 11.5 Å². The number of benzene rings is 4. The highest BCUT2D eigenvalue weighted by molar-refractivity contribution is 5.97. The van der Waals surface area contributed by atoms with Crippen LogP contribution in [0.1, 0.15) is 23.7 Å². The molecule has 0 radical (unpaired) electrons. The Morgan fingerprint density at radius 2 is 1.69 bits per heavy atom. The Balaban J connectivity index is 1.25.